The van der Waals surface area contributed by atoms with Crippen LogP contribution in [0.25, 0.3) is 0 Å². The van der Waals surface area contributed by atoms with Crippen LogP contribution in [0.1, 0.15) is 78.1 Å². The van der Waals surface area contributed by atoms with Gasteiger partial charge in [-0.25, -0.2) is 0 Å². The predicted octanol–water partition coefficient (Wildman–Crippen LogP) is 6.26. The van der Waals surface area contributed by atoms with Crippen LogP contribution in [0.4, 0.5) is 24.5 Å². The van der Waals surface area contributed by atoms with Crippen LogP contribution in [0.2, 0.25) is 0 Å². The maximum atomic E-state index is 13.3. The van der Waals surface area contributed by atoms with Crippen molar-refractivity contribution in [3.05, 3.63) is 59.2 Å². The van der Waals surface area contributed by atoms with Crippen molar-refractivity contribution in [2.75, 3.05) is 23.3 Å². The third-order valence-electron chi connectivity index (χ3n) is 7.02. The largest absolute Gasteiger partial charge is 0.416 e. The molecule has 1 saturated carbocycles. The molecule has 1 aliphatic carbocycles. The first-order valence-electron chi connectivity index (χ1n) is 12.4. The van der Waals surface area contributed by atoms with Crippen LogP contribution in [0, 0.1) is 5.92 Å². The van der Waals surface area contributed by atoms with E-state index in [1.807, 2.05) is 6.07 Å². The fraction of sp³-hybridized carbons (Fsp3) is 0.481. The summed E-state index contributed by atoms with van der Waals surface area (Å²) in [5.41, 5.74) is 0.694. The zero-order chi connectivity index (χ0) is 25.0. The first-order chi connectivity index (χ1) is 16.7. The number of halogens is 3. The smallest absolute Gasteiger partial charge is 0.371 e. The summed E-state index contributed by atoms with van der Waals surface area (Å²) in [5.74, 6) is -0.202. The minimum absolute atomic E-state index is 0.0953. The Hall–Kier alpha value is -3.03. The molecular formula is C27H32F3N3O2. The quantitative estimate of drug-likeness (QED) is 0.524. The lowest BCUT2D eigenvalue weighted by Gasteiger charge is -2.34. The lowest BCUT2D eigenvalue weighted by Crippen LogP contribution is -2.38. The third-order valence-corrected chi connectivity index (χ3v) is 7.02. The molecule has 2 aromatic carbocycles. The molecule has 188 valence electrons. The number of nitrogens with one attached hydrogen (secondary N) is 2. The van der Waals surface area contributed by atoms with E-state index in [0.717, 1.165) is 69.4 Å². The highest BCUT2D eigenvalue weighted by Gasteiger charge is 2.31. The Labute approximate surface area is 204 Å². The summed E-state index contributed by atoms with van der Waals surface area (Å²) < 4.78 is 39.2. The van der Waals surface area contributed by atoms with Gasteiger partial charge in [-0.15, -0.1) is 0 Å². The molecule has 0 atom stereocenters. The number of carbonyl (C=O) groups is 2. The van der Waals surface area contributed by atoms with Gasteiger partial charge in [-0.05, 0) is 68.0 Å². The maximum Gasteiger partial charge on any atom is 0.416 e. The first kappa shape index (κ1) is 25.1. The topological polar surface area (TPSA) is 61.4 Å². The molecule has 0 bridgehead atoms. The number of anilines is 2. The molecule has 0 unspecified atom stereocenters. The lowest BCUT2D eigenvalue weighted by molar-refractivity contribution is -0.137. The Kier molecular flexibility index (Phi) is 7.67. The zero-order valence-electron chi connectivity index (χ0n) is 20.0. The van der Waals surface area contributed by atoms with E-state index in [4.69, 9.17) is 0 Å². The van der Waals surface area contributed by atoms with E-state index in [0.29, 0.717) is 17.2 Å². The molecule has 1 aliphatic heterocycles. The second-order valence-corrected chi connectivity index (χ2v) is 9.74. The van der Waals surface area contributed by atoms with E-state index < -0.39 is 17.6 Å². The highest BCUT2D eigenvalue weighted by Crippen LogP contribution is 2.31. The average Bonchev–Trinajstić information content (AvgIpc) is 2.85. The van der Waals surface area contributed by atoms with Gasteiger partial charge >= 0.3 is 6.18 Å². The van der Waals surface area contributed by atoms with Crippen LogP contribution in [0.3, 0.4) is 0 Å². The SMILES string of the molecule is CC1CCN(c2ccc(NC(=O)c3cccc(C(F)(F)F)c3)cc2C(=O)NC2CCCCC2)CC1. The molecule has 1 heterocycles. The molecule has 0 aromatic heterocycles. The standard InChI is InChI=1S/C27H32F3N3O2/c1-18-12-14-33(15-13-18)24-11-10-22(17-23(24)26(35)31-21-8-3-2-4-9-21)32-25(34)19-6-5-7-20(16-19)27(28,29)30/h5-7,10-11,16-18,21H,2-4,8-9,12-15H2,1H3,(H,31,35)(H,32,34). The normalized spacial score (nSPS) is 17.8. The van der Waals surface area contributed by atoms with Crippen LogP contribution in [0.5, 0.6) is 0 Å². The number of benzene rings is 2. The van der Waals surface area contributed by atoms with Gasteiger partial charge in [0.25, 0.3) is 11.8 Å². The summed E-state index contributed by atoms with van der Waals surface area (Å²) in [6.45, 7) is 3.92. The first-order valence-corrected chi connectivity index (χ1v) is 12.4. The molecule has 4 rings (SSSR count). The van der Waals surface area contributed by atoms with Crippen molar-refractivity contribution >= 4 is 23.2 Å². The molecular weight excluding hydrogens is 455 g/mol. The van der Waals surface area contributed by atoms with Crippen molar-refractivity contribution in [2.45, 2.75) is 64.1 Å². The second-order valence-electron chi connectivity index (χ2n) is 9.74. The van der Waals surface area contributed by atoms with Gasteiger partial charge in [-0.2, -0.15) is 13.2 Å². The van der Waals surface area contributed by atoms with Gasteiger partial charge in [0, 0.05) is 36.1 Å². The Bertz CT molecular complexity index is 1060. The molecule has 0 spiro atoms. The zero-order valence-corrected chi connectivity index (χ0v) is 20.0. The Morgan fingerprint density at radius 3 is 2.31 bits per heavy atom. The molecule has 8 heteroatoms. The Morgan fingerprint density at radius 1 is 0.914 bits per heavy atom. The van der Waals surface area contributed by atoms with E-state index in [2.05, 4.69) is 22.5 Å². The summed E-state index contributed by atoms with van der Waals surface area (Å²) >= 11 is 0. The Morgan fingerprint density at radius 2 is 1.63 bits per heavy atom. The van der Waals surface area contributed by atoms with Crippen LogP contribution < -0.4 is 15.5 Å². The van der Waals surface area contributed by atoms with E-state index in [-0.39, 0.29) is 17.5 Å². The number of rotatable bonds is 5. The van der Waals surface area contributed by atoms with Gasteiger partial charge in [0.1, 0.15) is 0 Å². The molecule has 35 heavy (non-hydrogen) atoms. The molecule has 1 saturated heterocycles. The summed E-state index contributed by atoms with van der Waals surface area (Å²) in [7, 11) is 0. The number of nitrogens with zero attached hydrogens (tertiary/aromatic N) is 1. The van der Waals surface area contributed by atoms with Crippen LogP contribution in [-0.2, 0) is 6.18 Å². The van der Waals surface area contributed by atoms with E-state index in [1.165, 1.54) is 18.6 Å². The fourth-order valence-electron chi connectivity index (χ4n) is 4.87. The minimum Gasteiger partial charge on any atom is -0.371 e. The van der Waals surface area contributed by atoms with Gasteiger partial charge in [0.15, 0.2) is 0 Å². The number of amides is 2. The maximum absolute atomic E-state index is 13.3. The van der Waals surface area contributed by atoms with E-state index in [9.17, 15) is 22.8 Å². The van der Waals surface area contributed by atoms with Crippen molar-refractivity contribution in [1.29, 1.82) is 0 Å². The van der Waals surface area contributed by atoms with E-state index in [1.54, 1.807) is 12.1 Å². The molecule has 2 aliphatic rings. The monoisotopic (exact) mass is 487 g/mol. The fourth-order valence-corrected chi connectivity index (χ4v) is 4.87. The number of piperidine rings is 1. The van der Waals surface area contributed by atoms with Gasteiger partial charge in [0.05, 0.1) is 11.1 Å². The van der Waals surface area contributed by atoms with Crippen molar-refractivity contribution in [2.24, 2.45) is 5.92 Å². The minimum atomic E-state index is -4.53. The van der Waals surface area contributed by atoms with Gasteiger partial charge in [-0.1, -0.05) is 32.3 Å². The lowest BCUT2D eigenvalue weighted by atomic mass is 9.95. The summed E-state index contributed by atoms with van der Waals surface area (Å²) in [6.07, 6.45) is 2.82. The molecule has 5 nitrogen and oxygen atoms in total. The number of carbonyl (C=O) groups excluding carboxylic acids is 2. The highest BCUT2D eigenvalue weighted by atomic mass is 19.4. The summed E-state index contributed by atoms with van der Waals surface area (Å²) in [5, 5.41) is 5.82. The summed E-state index contributed by atoms with van der Waals surface area (Å²) in [4.78, 5) is 28.3. The van der Waals surface area contributed by atoms with Crippen LogP contribution in [-0.4, -0.2) is 30.9 Å². The molecule has 2 fully saturated rings. The molecule has 2 N–H and O–H groups in total. The van der Waals surface area contributed by atoms with Crippen molar-refractivity contribution in [1.82, 2.24) is 5.32 Å². The summed E-state index contributed by atoms with van der Waals surface area (Å²) in [6, 6.07) is 9.61. The third kappa shape index (κ3) is 6.35. The van der Waals surface area contributed by atoms with Gasteiger partial charge in [0.2, 0.25) is 0 Å². The highest BCUT2D eigenvalue weighted by molar-refractivity contribution is 6.06. The Balaban J connectivity index is 1.57. The molecule has 0 radical (unpaired) electrons. The predicted molar refractivity (Wildman–Crippen MR) is 131 cm³/mol. The second kappa shape index (κ2) is 10.7. The average molecular weight is 488 g/mol. The van der Waals surface area contributed by atoms with E-state index >= 15 is 0 Å². The molecule has 2 aromatic rings. The van der Waals surface area contributed by atoms with Crippen molar-refractivity contribution in [3.63, 3.8) is 0 Å². The van der Waals surface area contributed by atoms with Crippen molar-refractivity contribution in [3.8, 4) is 0 Å². The number of hydrogen-bond donors (Lipinski definition) is 2. The van der Waals surface area contributed by atoms with Crippen LogP contribution in [0.15, 0.2) is 42.5 Å². The van der Waals surface area contributed by atoms with Crippen LogP contribution >= 0.6 is 0 Å². The number of alkyl halides is 3. The molecule has 2 amide bonds. The van der Waals surface area contributed by atoms with Crippen molar-refractivity contribution < 1.29 is 22.8 Å². The number of hydrogen-bond acceptors (Lipinski definition) is 3. The van der Waals surface area contributed by atoms with Gasteiger partial charge in [-0.3, -0.25) is 9.59 Å². The van der Waals surface area contributed by atoms with Gasteiger partial charge < -0.3 is 15.5 Å².